The van der Waals surface area contributed by atoms with Gasteiger partial charge in [-0.1, -0.05) is 6.92 Å². The van der Waals surface area contributed by atoms with Crippen LogP contribution in [0.15, 0.2) is 0 Å². The molecule has 15 heavy (non-hydrogen) atoms. The first kappa shape index (κ1) is 10.9. The molecule has 1 heterocycles. The summed E-state index contributed by atoms with van der Waals surface area (Å²) in [5.41, 5.74) is -0.645. The van der Waals surface area contributed by atoms with Crippen LogP contribution in [-0.4, -0.2) is 47.3 Å². The van der Waals surface area contributed by atoms with Gasteiger partial charge in [-0.05, 0) is 32.2 Å². The number of ether oxygens (including phenoxy) is 1. The SMILES string of the molecule is CCN(C1CC1)C1(C(=O)O)CCOCC1. The fourth-order valence-electron chi connectivity index (χ4n) is 2.63. The van der Waals surface area contributed by atoms with E-state index >= 15 is 0 Å². The maximum atomic E-state index is 11.5. The lowest BCUT2D eigenvalue weighted by Gasteiger charge is -2.42. The van der Waals surface area contributed by atoms with E-state index in [0.29, 0.717) is 32.1 Å². The lowest BCUT2D eigenvalue weighted by atomic mass is 9.87. The molecule has 2 fully saturated rings. The van der Waals surface area contributed by atoms with Crippen molar-refractivity contribution in [3.8, 4) is 0 Å². The molecular weight excluding hydrogens is 194 g/mol. The maximum Gasteiger partial charge on any atom is 0.324 e. The number of nitrogens with zero attached hydrogens (tertiary/aromatic N) is 1. The summed E-state index contributed by atoms with van der Waals surface area (Å²) in [7, 11) is 0. The van der Waals surface area contributed by atoms with Crippen LogP contribution in [0.5, 0.6) is 0 Å². The van der Waals surface area contributed by atoms with Crippen molar-refractivity contribution in [1.82, 2.24) is 4.90 Å². The van der Waals surface area contributed by atoms with Crippen LogP contribution < -0.4 is 0 Å². The van der Waals surface area contributed by atoms with Crippen molar-refractivity contribution >= 4 is 5.97 Å². The summed E-state index contributed by atoms with van der Waals surface area (Å²) in [5.74, 6) is -0.667. The van der Waals surface area contributed by atoms with Gasteiger partial charge in [0.1, 0.15) is 5.54 Å². The molecule has 0 aromatic heterocycles. The van der Waals surface area contributed by atoms with Crippen LogP contribution in [0.25, 0.3) is 0 Å². The van der Waals surface area contributed by atoms with Crippen molar-refractivity contribution in [1.29, 1.82) is 0 Å². The number of hydrogen-bond donors (Lipinski definition) is 1. The summed E-state index contributed by atoms with van der Waals surface area (Å²) >= 11 is 0. The highest BCUT2D eigenvalue weighted by Gasteiger charge is 2.49. The number of aliphatic carboxylic acids is 1. The summed E-state index contributed by atoms with van der Waals surface area (Å²) < 4.78 is 5.28. The summed E-state index contributed by atoms with van der Waals surface area (Å²) in [6.07, 6.45) is 3.58. The minimum Gasteiger partial charge on any atom is -0.480 e. The molecular formula is C11H19NO3. The highest BCUT2D eigenvalue weighted by Crippen LogP contribution is 2.37. The molecule has 0 unspecified atom stereocenters. The zero-order valence-corrected chi connectivity index (χ0v) is 9.24. The van der Waals surface area contributed by atoms with E-state index in [1.165, 1.54) is 0 Å². The van der Waals surface area contributed by atoms with E-state index < -0.39 is 11.5 Å². The van der Waals surface area contributed by atoms with E-state index in [0.717, 1.165) is 19.4 Å². The molecule has 4 nitrogen and oxygen atoms in total. The molecule has 0 aromatic rings. The van der Waals surface area contributed by atoms with Crippen LogP contribution >= 0.6 is 0 Å². The Morgan fingerprint density at radius 1 is 1.47 bits per heavy atom. The van der Waals surface area contributed by atoms with Gasteiger partial charge in [0.25, 0.3) is 0 Å². The van der Waals surface area contributed by atoms with Crippen LogP contribution in [0.4, 0.5) is 0 Å². The van der Waals surface area contributed by atoms with Gasteiger partial charge in [-0.25, -0.2) is 0 Å². The molecule has 1 aliphatic carbocycles. The second-order valence-electron chi connectivity index (χ2n) is 4.47. The Morgan fingerprint density at radius 2 is 2.07 bits per heavy atom. The number of carbonyl (C=O) groups is 1. The van der Waals surface area contributed by atoms with Crippen LogP contribution in [0.1, 0.15) is 32.6 Å². The van der Waals surface area contributed by atoms with Gasteiger partial charge in [0.05, 0.1) is 0 Å². The van der Waals surface area contributed by atoms with Crippen LogP contribution in [0.2, 0.25) is 0 Å². The van der Waals surface area contributed by atoms with Crippen molar-refractivity contribution in [3.05, 3.63) is 0 Å². The highest BCUT2D eigenvalue weighted by molar-refractivity contribution is 5.79. The van der Waals surface area contributed by atoms with Crippen LogP contribution in [0, 0.1) is 0 Å². The molecule has 0 spiro atoms. The normalized spacial score (nSPS) is 25.5. The quantitative estimate of drug-likeness (QED) is 0.760. The van der Waals surface area contributed by atoms with E-state index in [9.17, 15) is 9.90 Å². The Kier molecular flexibility index (Phi) is 2.98. The highest BCUT2D eigenvalue weighted by atomic mass is 16.5. The van der Waals surface area contributed by atoms with Crippen molar-refractivity contribution < 1.29 is 14.6 Å². The third-order valence-electron chi connectivity index (χ3n) is 3.60. The number of hydrogen-bond acceptors (Lipinski definition) is 3. The van der Waals surface area contributed by atoms with Gasteiger partial charge in [-0.2, -0.15) is 0 Å². The molecule has 86 valence electrons. The smallest absolute Gasteiger partial charge is 0.324 e. The Hall–Kier alpha value is -0.610. The molecule has 0 bridgehead atoms. The predicted octanol–water partition coefficient (Wildman–Crippen LogP) is 1.10. The summed E-state index contributed by atoms with van der Waals surface area (Å²) in [6, 6.07) is 0.504. The van der Waals surface area contributed by atoms with E-state index in [2.05, 4.69) is 11.8 Å². The van der Waals surface area contributed by atoms with Crippen molar-refractivity contribution in [2.75, 3.05) is 19.8 Å². The number of likely N-dealkylation sites (N-methyl/N-ethyl adjacent to an activating group) is 1. The Bertz CT molecular complexity index is 244. The molecule has 0 aromatic carbocycles. The minimum absolute atomic E-state index is 0.504. The zero-order chi connectivity index (χ0) is 10.9. The molecule has 1 saturated carbocycles. The summed E-state index contributed by atoms with van der Waals surface area (Å²) in [4.78, 5) is 13.7. The summed E-state index contributed by atoms with van der Waals surface area (Å²) in [6.45, 7) is 4.04. The fourth-order valence-corrected chi connectivity index (χ4v) is 2.63. The van der Waals surface area contributed by atoms with E-state index in [1.54, 1.807) is 0 Å². The first-order valence-electron chi connectivity index (χ1n) is 5.78. The lowest BCUT2D eigenvalue weighted by Crippen LogP contribution is -2.58. The van der Waals surface area contributed by atoms with Gasteiger partial charge >= 0.3 is 5.97 Å². The molecule has 0 radical (unpaired) electrons. The second kappa shape index (κ2) is 4.10. The first-order valence-corrected chi connectivity index (χ1v) is 5.78. The Balaban J connectivity index is 2.18. The molecule has 1 aliphatic heterocycles. The van der Waals surface area contributed by atoms with Gasteiger partial charge in [0, 0.05) is 19.3 Å². The molecule has 2 rings (SSSR count). The third kappa shape index (κ3) is 1.88. The van der Waals surface area contributed by atoms with E-state index in [4.69, 9.17) is 4.74 Å². The third-order valence-corrected chi connectivity index (χ3v) is 3.60. The van der Waals surface area contributed by atoms with Crippen molar-refractivity contribution in [3.63, 3.8) is 0 Å². The van der Waals surface area contributed by atoms with Gasteiger partial charge in [0.15, 0.2) is 0 Å². The van der Waals surface area contributed by atoms with Crippen molar-refractivity contribution in [2.24, 2.45) is 0 Å². The second-order valence-corrected chi connectivity index (χ2v) is 4.47. The van der Waals surface area contributed by atoms with Crippen LogP contribution in [0.3, 0.4) is 0 Å². The fraction of sp³-hybridized carbons (Fsp3) is 0.909. The van der Waals surface area contributed by atoms with Crippen molar-refractivity contribution in [2.45, 2.75) is 44.2 Å². The van der Waals surface area contributed by atoms with Gasteiger partial charge in [-0.15, -0.1) is 0 Å². The number of rotatable bonds is 4. The van der Waals surface area contributed by atoms with E-state index in [-0.39, 0.29) is 0 Å². The van der Waals surface area contributed by atoms with Crippen LogP contribution in [-0.2, 0) is 9.53 Å². The van der Waals surface area contributed by atoms with Gasteiger partial charge in [-0.3, -0.25) is 9.69 Å². The molecule has 1 saturated heterocycles. The molecule has 4 heteroatoms. The minimum atomic E-state index is -0.667. The topological polar surface area (TPSA) is 49.8 Å². The standard InChI is InChI=1S/C11H19NO3/c1-2-12(9-3-4-9)11(10(13)14)5-7-15-8-6-11/h9H,2-8H2,1H3,(H,13,14). The van der Waals surface area contributed by atoms with Gasteiger partial charge in [0.2, 0.25) is 0 Å². The summed E-state index contributed by atoms with van der Waals surface area (Å²) in [5, 5.41) is 9.47. The molecule has 0 atom stereocenters. The molecule has 1 N–H and O–H groups in total. The Labute approximate surface area is 90.2 Å². The number of carboxylic acids is 1. The zero-order valence-electron chi connectivity index (χ0n) is 9.24. The maximum absolute atomic E-state index is 11.5. The molecule has 0 amide bonds. The largest absolute Gasteiger partial charge is 0.480 e. The first-order chi connectivity index (χ1) is 7.20. The number of carboxylic acid groups (broad SMARTS) is 1. The Morgan fingerprint density at radius 3 is 2.47 bits per heavy atom. The monoisotopic (exact) mass is 213 g/mol. The van der Waals surface area contributed by atoms with Gasteiger partial charge < -0.3 is 9.84 Å². The van der Waals surface area contributed by atoms with E-state index in [1.807, 2.05) is 0 Å². The average Bonchev–Trinajstić information content (AvgIpc) is 3.04. The molecule has 2 aliphatic rings. The average molecular weight is 213 g/mol. The predicted molar refractivity (Wildman–Crippen MR) is 55.8 cm³/mol. The lowest BCUT2D eigenvalue weighted by molar-refractivity contribution is -0.159.